The number of esters is 1. The lowest BCUT2D eigenvalue weighted by Crippen LogP contribution is -1.98. The summed E-state index contributed by atoms with van der Waals surface area (Å²) in [5.41, 5.74) is 1.14. The summed E-state index contributed by atoms with van der Waals surface area (Å²) in [5, 5.41) is 18.2. The molecule has 0 aliphatic rings. The molecule has 2 N–H and O–H groups in total. The van der Waals surface area contributed by atoms with Crippen molar-refractivity contribution < 1.29 is 19.7 Å². The van der Waals surface area contributed by atoms with E-state index in [1.165, 1.54) is 12.1 Å². The molecule has 0 spiro atoms. The van der Waals surface area contributed by atoms with Crippen LogP contribution in [-0.2, 0) is 16.1 Å². The van der Waals surface area contributed by atoms with Gasteiger partial charge in [-0.1, -0.05) is 6.07 Å². The van der Waals surface area contributed by atoms with Crippen molar-refractivity contribution in [2.24, 2.45) is 0 Å². The highest BCUT2D eigenvalue weighted by atomic mass is 16.5. The summed E-state index contributed by atoms with van der Waals surface area (Å²) >= 11 is 0. The third-order valence-corrected chi connectivity index (χ3v) is 1.97. The number of hydrogen-bond donors (Lipinski definition) is 2. The van der Waals surface area contributed by atoms with E-state index in [9.17, 15) is 9.90 Å². The van der Waals surface area contributed by atoms with Crippen LogP contribution in [0.3, 0.4) is 0 Å². The van der Waals surface area contributed by atoms with Crippen LogP contribution in [0, 0.1) is 0 Å². The van der Waals surface area contributed by atoms with Crippen LogP contribution in [0.25, 0.3) is 6.08 Å². The summed E-state index contributed by atoms with van der Waals surface area (Å²) in [4.78, 5) is 11.0. The number of rotatable bonds is 4. The van der Waals surface area contributed by atoms with Crippen molar-refractivity contribution in [1.82, 2.24) is 0 Å². The average Bonchev–Trinajstić information content (AvgIpc) is 2.28. The molecule has 16 heavy (non-hydrogen) atoms. The molecule has 0 radical (unpaired) electrons. The van der Waals surface area contributed by atoms with Gasteiger partial charge >= 0.3 is 5.97 Å². The molecule has 0 fully saturated rings. The van der Waals surface area contributed by atoms with E-state index in [1.54, 1.807) is 25.1 Å². The van der Waals surface area contributed by atoms with Crippen molar-refractivity contribution in [1.29, 1.82) is 0 Å². The van der Waals surface area contributed by atoms with Crippen molar-refractivity contribution in [2.45, 2.75) is 13.5 Å². The Bertz CT molecular complexity index is 396. The highest BCUT2D eigenvalue weighted by Gasteiger charge is 2.00. The molecular weight excluding hydrogens is 208 g/mol. The van der Waals surface area contributed by atoms with Crippen LogP contribution < -0.4 is 0 Å². The predicted molar refractivity (Wildman–Crippen MR) is 59.7 cm³/mol. The van der Waals surface area contributed by atoms with Gasteiger partial charge in [0, 0.05) is 11.6 Å². The van der Waals surface area contributed by atoms with Crippen LogP contribution in [0.15, 0.2) is 24.3 Å². The van der Waals surface area contributed by atoms with Crippen molar-refractivity contribution in [3.05, 3.63) is 35.4 Å². The fourth-order valence-corrected chi connectivity index (χ4v) is 1.19. The number of aliphatic hydroxyl groups is 1. The minimum Gasteiger partial charge on any atom is -0.508 e. The molecule has 0 saturated carbocycles. The van der Waals surface area contributed by atoms with E-state index in [0.717, 1.165) is 5.56 Å². The Hall–Kier alpha value is -1.81. The summed E-state index contributed by atoms with van der Waals surface area (Å²) in [6, 6.07) is 4.71. The van der Waals surface area contributed by atoms with Gasteiger partial charge in [-0.15, -0.1) is 0 Å². The fourth-order valence-electron chi connectivity index (χ4n) is 1.19. The first-order valence-corrected chi connectivity index (χ1v) is 4.95. The molecule has 0 bridgehead atoms. The standard InChI is InChI=1S/C12H14O4/c1-2-16-12(15)6-4-9-3-5-11(14)10(7-9)8-13/h3-7,13-14H,2,8H2,1H3/b6-4+. The van der Waals surface area contributed by atoms with E-state index in [0.29, 0.717) is 12.2 Å². The number of phenols is 1. The lowest BCUT2D eigenvalue weighted by atomic mass is 10.1. The Morgan fingerprint density at radius 2 is 2.25 bits per heavy atom. The SMILES string of the molecule is CCOC(=O)/C=C/c1ccc(O)c(CO)c1. The van der Waals surface area contributed by atoms with E-state index in [1.807, 2.05) is 0 Å². The van der Waals surface area contributed by atoms with Crippen molar-refractivity contribution >= 4 is 12.0 Å². The first-order chi connectivity index (χ1) is 7.67. The van der Waals surface area contributed by atoms with Gasteiger partial charge in [-0.05, 0) is 30.7 Å². The summed E-state index contributed by atoms with van der Waals surface area (Å²) < 4.78 is 4.72. The summed E-state index contributed by atoms with van der Waals surface area (Å²) in [6.07, 6.45) is 2.87. The first kappa shape index (κ1) is 12.3. The van der Waals surface area contributed by atoms with Crippen LogP contribution in [0.5, 0.6) is 5.75 Å². The van der Waals surface area contributed by atoms with Crippen molar-refractivity contribution in [2.75, 3.05) is 6.61 Å². The predicted octanol–water partition coefficient (Wildman–Crippen LogP) is 1.46. The van der Waals surface area contributed by atoms with E-state index in [-0.39, 0.29) is 12.4 Å². The molecule has 0 amide bonds. The molecule has 0 unspecified atom stereocenters. The van der Waals surface area contributed by atoms with Gasteiger partial charge in [0.15, 0.2) is 0 Å². The van der Waals surface area contributed by atoms with Gasteiger partial charge in [0.05, 0.1) is 13.2 Å². The van der Waals surface area contributed by atoms with Gasteiger partial charge in [0.1, 0.15) is 5.75 Å². The van der Waals surface area contributed by atoms with Crippen LogP contribution in [0.4, 0.5) is 0 Å². The maximum atomic E-state index is 11.0. The van der Waals surface area contributed by atoms with Crippen LogP contribution >= 0.6 is 0 Å². The van der Waals surface area contributed by atoms with Gasteiger partial charge in [-0.25, -0.2) is 4.79 Å². The highest BCUT2D eigenvalue weighted by molar-refractivity contribution is 5.87. The Morgan fingerprint density at radius 3 is 2.88 bits per heavy atom. The molecular formula is C12H14O4. The maximum Gasteiger partial charge on any atom is 0.330 e. The average molecular weight is 222 g/mol. The highest BCUT2D eigenvalue weighted by Crippen LogP contribution is 2.19. The monoisotopic (exact) mass is 222 g/mol. The lowest BCUT2D eigenvalue weighted by molar-refractivity contribution is -0.137. The quantitative estimate of drug-likeness (QED) is 0.598. The van der Waals surface area contributed by atoms with E-state index < -0.39 is 5.97 Å². The van der Waals surface area contributed by atoms with Crippen molar-refractivity contribution in [3.63, 3.8) is 0 Å². The van der Waals surface area contributed by atoms with Crippen LogP contribution in [0.1, 0.15) is 18.1 Å². The number of ether oxygens (including phenoxy) is 1. The number of aliphatic hydroxyl groups excluding tert-OH is 1. The molecule has 0 heterocycles. The van der Waals surface area contributed by atoms with E-state index in [4.69, 9.17) is 9.84 Å². The molecule has 4 heteroatoms. The Balaban J connectivity index is 2.78. The first-order valence-electron chi connectivity index (χ1n) is 4.95. The van der Waals surface area contributed by atoms with Gasteiger partial charge < -0.3 is 14.9 Å². The molecule has 0 saturated heterocycles. The molecule has 0 aliphatic heterocycles. The Kier molecular flexibility index (Phi) is 4.54. The normalized spacial score (nSPS) is 10.6. The third-order valence-electron chi connectivity index (χ3n) is 1.97. The molecule has 0 aromatic heterocycles. The number of carbonyl (C=O) groups is 1. The molecule has 1 aromatic carbocycles. The molecule has 0 aliphatic carbocycles. The number of aromatic hydroxyl groups is 1. The van der Waals surface area contributed by atoms with Gasteiger partial charge in [0.2, 0.25) is 0 Å². The van der Waals surface area contributed by atoms with E-state index >= 15 is 0 Å². The zero-order valence-corrected chi connectivity index (χ0v) is 9.01. The third kappa shape index (κ3) is 3.40. The zero-order valence-electron chi connectivity index (χ0n) is 9.01. The molecule has 1 rings (SSSR count). The van der Waals surface area contributed by atoms with Crippen LogP contribution in [0.2, 0.25) is 0 Å². The molecule has 1 aromatic rings. The van der Waals surface area contributed by atoms with E-state index in [2.05, 4.69) is 0 Å². The number of benzene rings is 1. The second-order valence-electron chi connectivity index (χ2n) is 3.13. The summed E-state index contributed by atoms with van der Waals surface area (Å²) in [7, 11) is 0. The second kappa shape index (κ2) is 5.92. The van der Waals surface area contributed by atoms with Crippen molar-refractivity contribution in [3.8, 4) is 5.75 Å². The molecule has 86 valence electrons. The van der Waals surface area contributed by atoms with Gasteiger partial charge in [-0.2, -0.15) is 0 Å². The van der Waals surface area contributed by atoms with Gasteiger partial charge in [-0.3, -0.25) is 0 Å². The molecule has 0 atom stereocenters. The van der Waals surface area contributed by atoms with Gasteiger partial charge in [0.25, 0.3) is 0 Å². The Morgan fingerprint density at radius 1 is 1.50 bits per heavy atom. The summed E-state index contributed by atoms with van der Waals surface area (Å²) in [5.74, 6) is -0.378. The lowest BCUT2D eigenvalue weighted by Gasteiger charge is -2.02. The number of carbonyl (C=O) groups excluding carboxylic acids is 1. The molecule has 4 nitrogen and oxygen atoms in total. The fraction of sp³-hybridized carbons (Fsp3) is 0.250. The second-order valence-corrected chi connectivity index (χ2v) is 3.13. The number of hydrogen-bond acceptors (Lipinski definition) is 4. The Labute approximate surface area is 93.8 Å². The zero-order chi connectivity index (χ0) is 12.0. The smallest absolute Gasteiger partial charge is 0.330 e. The minimum absolute atomic E-state index is 0.0378. The topological polar surface area (TPSA) is 66.8 Å². The largest absolute Gasteiger partial charge is 0.508 e. The maximum absolute atomic E-state index is 11.0. The minimum atomic E-state index is -0.416. The van der Waals surface area contributed by atoms with Crippen LogP contribution in [-0.4, -0.2) is 22.8 Å². The summed E-state index contributed by atoms with van der Waals surface area (Å²) in [6.45, 7) is 1.82.